The van der Waals surface area contributed by atoms with E-state index in [9.17, 15) is 14.4 Å². The number of para-hydroxylation sites is 1. The van der Waals surface area contributed by atoms with E-state index in [0.717, 1.165) is 47.2 Å². The van der Waals surface area contributed by atoms with Gasteiger partial charge in [-0.3, -0.25) is 9.69 Å². The van der Waals surface area contributed by atoms with Crippen LogP contribution in [0, 0.1) is 17.1 Å². The normalized spacial score (nSPS) is 14.7. The number of morpholine rings is 1. The number of nitriles is 1. The number of aromatic nitrogens is 1. The van der Waals surface area contributed by atoms with Crippen LogP contribution >= 0.6 is 11.6 Å². The van der Waals surface area contributed by atoms with Gasteiger partial charge in [0.25, 0.3) is 0 Å². The third kappa shape index (κ3) is 6.31. The van der Waals surface area contributed by atoms with Crippen molar-refractivity contribution in [3.05, 3.63) is 106 Å². The number of carbonyl (C=O) groups excluding carboxylic acids is 1. The van der Waals surface area contributed by atoms with Crippen LogP contribution in [0.2, 0.25) is 5.02 Å². The van der Waals surface area contributed by atoms with Crippen molar-refractivity contribution in [2.24, 2.45) is 0 Å². The standard InChI is InChI=1S/C31H30ClFN4O2/c32-31-23(19-34)4-3-6-26(31)27(18-30(38)35-12-13-36-14-16-39-17-15-36)28-21-37(29-7-2-1-5-25(28)29)20-22-8-10-24(33)11-9-22/h1-11,21,27H,12-18,20H2,(H,35,38)/t27-/m1/s1. The Bertz CT molecular complexity index is 1490. The summed E-state index contributed by atoms with van der Waals surface area (Å²) < 4.78 is 21.0. The average molecular weight is 545 g/mol. The van der Waals surface area contributed by atoms with E-state index in [-0.39, 0.29) is 24.1 Å². The third-order valence-corrected chi connectivity index (χ3v) is 7.65. The molecular weight excluding hydrogens is 515 g/mol. The molecule has 1 aromatic heterocycles. The number of carbonyl (C=O) groups is 1. The van der Waals surface area contributed by atoms with Crippen LogP contribution in [0.4, 0.5) is 4.39 Å². The maximum Gasteiger partial charge on any atom is 0.220 e. The number of rotatable bonds is 9. The molecule has 0 unspecified atom stereocenters. The molecule has 1 aliphatic rings. The summed E-state index contributed by atoms with van der Waals surface area (Å²) in [7, 11) is 0. The molecule has 2 heterocycles. The lowest BCUT2D eigenvalue weighted by Crippen LogP contribution is -2.41. The Morgan fingerprint density at radius 3 is 2.59 bits per heavy atom. The SMILES string of the molecule is N#Cc1cccc([C@@H](CC(=O)NCCN2CCOCC2)c2cn(Cc3ccc(F)cc3)c3ccccc23)c1Cl. The Morgan fingerprint density at radius 2 is 1.82 bits per heavy atom. The largest absolute Gasteiger partial charge is 0.379 e. The van der Waals surface area contributed by atoms with E-state index in [1.807, 2.05) is 30.3 Å². The van der Waals surface area contributed by atoms with Gasteiger partial charge in [0.2, 0.25) is 5.91 Å². The van der Waals surface area contributed by atoms with Crippen molar-refractivity contribution in [3.63, 3.8) is 0 Å². The number of nitrogens with one attached hydrogen (secondary N) is 1. The highest BCUT2D eigenvalue weighted by Gasteiger charge is 2.26. The summed E-state index contributed by atoms with van der Waals surface area (Å²) in [4.78, 5) is 15.5. The lowest BCUT2D eigenvalue weighted by Gasteiger charge is -2.26. The number of halogens is 2. The summed E-state index contributed by atoms with van der Waals surface area (Å²) in [6, 6.07) is 22.0. The minimum absolute atomic E-state index is 0.0814. The lowest BCUT2D eigenvalue weighted by molar-refractivity contribution is -0.121. The molecule has 1 atom stereocenters. The molecule has 6 nitrogen and oxygen atoms in total. The van der Waals surface area contributed by atoms with Gasteiger partial charge in [0.1, 0.15) is 11.9 Å². The molecule has 1 N–H and O–H groups in total. The van der Waals surface area contributed by atoms with Gasteiger partial charge in [-0.25, -0.2) is 4.39 Å². The molecular formula is C31H30ClFN4O2. The first-order valence-corrected chi connectivity index (χ1v) is 13.5. The molecule has 0 bridgehead atoms. The van der Waals surface area contributed by atoms with Gasteiger partial charge in [-0.2, -0.15) is 5.26 Å². The molecule has 8 heteroatoms. The first-order chi connectivity index (χ1) is 19.0. The Labute approximate surface area is 232 Å². The second kappa shape index (κ2) is 12.4. The number of fused-ring (bicyclic) bond motifs is 1. The second-order valence-corrected chi connectivity index (χ2v) is 10.1. The van der Waals surface area contributed by atoms with Gasteiger partial charge in [-0.05, 0) is 41.0 Å². The van der Waals surface area contributed by atoms with Crippen LogP contribution in [0.5, 0.6) is 0 Å². The molecule has 0 radical (unpaired) electrons. The molecule has 200 valence electrons. The molecule has 0 saturated carbocycles. The quantitative estimate of drug-likeness (QED) is 0.309. The molecule has 1 saturated heterocycles. The van der Waals surface area contributed by atoms with Crippen LogP contribution in [0.25, 0.3) is 10.9 Å². The molecule has 1 amide bonds. The molecule has 3 aromatic carbocycles. The van der Waals surface area contributed by atoms with E-state index in [1.165, 1.54) is 12.1 Å². The zero-order chi connectivity index (χ0) is 27.2. The molecule has 0 aliphatic carbocycles. The molecule has 1 fully saturated rings. The molecule has 1 aliphatic heterocycles. The van der Waals surface area contributed by atoms with E-state index < -0.39 is 0 Å². The van der Waals surface area contributed by atoms with Crippen LogP contribution in [-0.4, -0.2) is 54.8 Å². The lowest BCUT2D eigenvalue weighted by atomic mass is 9.87. The van der Waals surface area contributed by atoms with Gasteiger partial charge >= 0.3 is 0 Å². The van der Waals surface area contributed by atoms with E-state index in [2.05, 4.69) is 27.0 Å². The van der Waals surface area contributed by atoms with Crippen molar-refractivity contribution in [2.45, 2.75) is 18.9 Å². The minimum Gasteiger partial charge on any atom is -0.379 e. The van der Waals surface area contributed by atoms with Gasteiger partial charge < -0.3 is 14.6 Å². The van der Waals surface area contributed by atoms with Crippen molar-refractivity contribution in [1.82, 2.24) is 14.8 Å². The van der Waals surface area contributed by atoms with Crippen LogP contribution in [0.3, 0.4) is 0 Å². The van der Waals surface area contributed by atoms with Gasteiger partial charge in [-0.15, -0.1) is 0 Å². The summed E-state index contributed by atoms with van der Waals surface area (Å²) in [5.74, 6) is -0.723. The van der Waals surface area contributed by atoms with Crippen LogP contribution in [0.15, 0.2) is 72.9 Å². The Morgan fingerprint density at radius 1 is 1.05 bits per heavy atom. The molecule has 0 spiro atoms. The Balaban J connectivity index is 1.47. The van der Waals surface area contributed by atoms with Crippen molar-refractivity contribution >= 4 is 28.4 Å². The fourth-order valence-corrected chi connectivity index (χ4v) is 5.50. The first-order valence-electron chi connectivity index (χ1n) is 13.1. The van der Waals surface area contributed by atoms with Crippen LogP contribution < -0.4 is 5.32 Å². The predicted octanol–water partition coefficient (Wildman–Crippen LogP) is 5.32. The van der Waals surface area contributed by atoms with Gasteiger partial charge in [0.15, 0.2) is 0 Å². The number of nitrogens with zero attached hydrogens (tertiary/aromatic N) is 3. The summed E-state index contributed by atoms with van der Waals surface area (Å²) in [5.41, 5.74) is 4.03. The Kier molecular flexibility index (Phi) is 8.58. The first kappa shape index (κ1) is 26.9. The number of amides is 1. The minimum atomic E-state index is -0.367. The summed E-state index contributed by atoms with van der Waals surface area (Å²) >= 11 is 6.73. The fraction of sp³-hybridized carbons (Fsp3) is 0.290. The van der Waals surface area contributed by atoms with Crippen LogP contribution in [0.1, 0.15) is 34.6 Å². The van der Waals surface area contributed by atoms with Crippen molar-refractivity contribution < 1.29 is 13.9 Å². The fourth-order valence-electron chi connectivity index (χ4n) is 5.20. The second-order valence-electron chi connectivity index (χ2n) is 9.74. The van der Waals surface area contributed by atoms with Gasteiger partial charge in [0, 0.05) is 62.2 Å². The zero-order valence-corrected chi connectivity index (χ0v) is 22.3. The highest BCUT2D eigenvalue weighted by molar-refractivity contribution is 6.32. The highest BCUT2D eigenvalue weighted by Crippen LogP contribution is 2.39. The van der Waals surface area contributed by atoms with E-state index >= 15 is 0 Å². The van der Waals surface area contributed by atoms with Crippen molar-refractivity contribution in [2.75, 3.05) is 39.4 Å². The molecule has 4 aromatic rings. The zero-order valence-electron chi connectivity index (χ0n) is 21.6. The maximum atomic E-state index is 13.5. The monoisotopic (exact) mass is 544 g/mol. The van der Waals surface area contributed by atoms with Gasteiger partial charge in [-0.1, -0.05) is 54.1 Å². The summed E-state index contributed by atoms with van der Waals surface area (Å²) in [6.07, 6.45) is 2.23. The van der Waals surface area contributed by atoms with E-state index in [0.29, 0.717) is 36.9 Å². The topological polar surface area (TPSA) is 70.3 Å². The summed E-state index contributed by atoms with van der Waals surface area (Å²) in [5, 5.41) is 14.1. The van der Waals surface area contributed by atoms with E-state index in [1.54, 1.807) is 24.3 Å². The van der Waals surface area contributed by atoms with E-state index in [4.69, 9.17) is 16.3 Å². The smallest absolute Gasteiger partial charge is 0.220 e. The van der Waals surface area contributed by atoms with Crippen molar-refractivity contribution in [1.29, 1.82) is 5.26 Å². The van der Waals surface area contributed by atoms with Crippen LogP contribution in [-0.2, 0) is 16.1 Å². The van der Waals surface area contributed by atoms with Gasteiger partial charge in [0.05, 0.1) is 23.8 Å². The highest BCUT2D eigenvalue weighted by atomic mass is 35.5. The molecule has 5 rings (SSSR count). The number of hydrogen-bond acceptors (Lipinski definition) is 4. The maximum absolute atomic E-state index is 13.5. The average Bonchev–Trinajstić information content (AvgIpc) is 3.32. The van der Waals surface area contributed by atoms with Crippen molar-refractivity contribution in [3.8, 4) is 6.07 Å². The number of ether oxygens (including phenoxy) is 1. The third-order valence-electron chi connectivity index (χ3n) is 7.23. The Hall–Kier alpha value is -3.70. The predicted molar refractivity (Wildman–Crippen MR) is 150 cm³/mol. The number of hydrogen-bond donors (Lipinski definition) is 1. The number of benzene rings is 3. The summed E-state index contributed by atoms with van der Waals surface area (Å²) in [6.45, 7) is 5.01. The molecule has 39 heavy (non-hydrogen) atoms.